The Morgan fingerprint density at radius 1 is 1.35 bits per heavy atom. The Balaban J connectivity index is 2.17. The summed E-state index contributed by atoms with van der Waals surface area (Å²) in [6.45, 7) is 0. The van der Waals surface area contributed by atoms with Crippen molar-refractivity contribution in [2.24, 2.45) is 0 Å². The van der Waals surface area contributed by atoms with Gasteiger partial charge in [0.2, 0.25) is 11.2 Å². The monoisotopic (exact) mass is 271 g/mol. The summed E-state index contributed by atoms with van der Waals surface area (Å²) in [6.07, 6.45) is 1.31. The van der Waals surface area contributed by atoms with Crippen molar-refractivity contribution < 1.29 is 13.3 Å². The highest BCUT2D eigenvalue weighted by Crippen LogP contribution is 2.37. The number of hydrogen-bond donors (Lipinski definition) is 1. The van der Waals surface area contributed by atoms with Gasteiger partial charge in [-0.2, -0.15) is 4.55 Å². The van der Waals surface area contributed by atoms with Gasteiger partial charge in [0.15, 0.2) is 17.8 Å². The van der Waals surface area contributed by atoms with E-state index in [0.29, 0.717) is 5.57 Å². The van der Waals surface area contributed by atoms with Crippen molar-refractivity contribution in [2.75, 3.05) is 0 Å². The summed E-state index contributed by atoms with van der Waals surface area (Å²) < 4.78 is 37.8. The van der Waals surface area contributed by atoms with E-state index in [2.05, 4.69) is 0 Å². The maximum absolute atomic E-state index is 13.8. The summed E-state index contributed by atoms with van der Waals surface area (Å²) in [4.78, 5) is 0. The summed E-state index contributed by atoms with van der Waals surface area (Å²) in [7, 11) is 0. The highest BCUT2D eigenvalue weighted by Gasteiger charge is 2.35. The first-order chi connectivity index (χ1) is 8.16. The normalized spacial score (nSPS) is 31.1. The summed E-state index contributed by atoms with van der Waals surface area (Å²) >= 11 is 0.286. The molecule has 0 saturated carbocycles. The molecule has 88 valence electrons. The van der Waals surface area contributed by atoms with Crippen LogP contribution in [0.2, 0.25) is 0 Å². The molecule has 5 heteroatoms. The predicted molar refractivity (Wildman–Crippen MR) is 67.6 cm³/mol. The SMILES string of the molecule is O[S+]1C=C2C(=Cc3ccsc31)C=CC(F)C2F. The molecule has 3 rings (SSSR count). The Morgan fingerprint density at radius 3 is 3.00 bits per heavy atom. The van der Waals surface area contributed by atoms with Crippen LogP contribution in [0.15, 0.2) is 44.4 Å². The van der Waals surface area contributed by atoms with E-state index < -0.39 is 23.5 Å². The van der Waals surface area contributed by atoms with Crippen LogP contribution < -0.4 is 0 Å². The lowest BCUT2D eigenvalue weighted by Gasteiger charge is -2.18. The number of alkyl halides is 2. The van der Waals surface area contributed by atoms with E-state index in [9.17, 15) is 13.3 Å². The molecule has 1 N–H and O–H groups in total. The van der Waals surface area contributed by atoms with Crippen LogP contribution in [0.1, 0.15) is 5.56 Å². The van der Waals surface area contributed by atoms with Crippen molar-refractivity contribution in [2.45, 2.75) is 16.6 Å². The Kier molecular flexibility index (Phi) is 2.69. The predicted octanol–water partition coefficient (Wildman–Crippen LogP) is 3.73. The van der Waals surface area contributed by atoms with Gasteiger partial charge in [0.05, 0.1) is 0 Å². The van der Waals surface area contributed by atoms with Gasteiger partial charge in [-0.25, -0.2) is 8.78 Å². The van der Waals surface area contributed by atoms with Crippen LogP contribution in [0.25, 0.3) is 6.08 Å². The molecule has 0 saturated heterocycles. The third-order valence-corrected chi connectivity index (χ3v) is 5.38. The number of fused-ring (bicyclic) bond motifs is 2. The molecule has 0 amide bonds. The Labute approximate surface area is 104 Å². The molecule has 1 aromatic rings. The van der Waals surface area contributed by atoms with Crippen LogP contribution >= 0.6 is 11.3 Å². The molecule has 0 radical (unpaired) electrons. The average Bonchev–Trinajstić information content (AvgIpc) is 2.71. The number of thiophene rings is 1. The van der Waals surface area contributed by atoms with Crippen LogP contribution in [0, 0.1) is 0 Å². The summed E-state index contributed by atoms with van der Waals surface area (Å²) in [5.41, 5.74) is 1.79. The zero-order chi connectivity index (χ0) is 12.0. The molecule has 0 bridgehead atoms. The van der Waals surface area contributed by atoms with E-state index in [0.717, 1.165) is 9.77 Å². The lowest BCUT2D eigenvalue weighted by Crippen LogP contribution is -2.22. The van der Waals surface area contributed by atoms with E-state index in [1.165, 1.54) is 22.8 Å². The topological polar surface area (TPSA) is 20.2 Å². The van der Waals surface area contributed by atoms with Crippen molar-refractivity contribution in [1.29, 1.82) is 0 Å². The van der Waals surface area contributed by atoms with Crippen molar-refractivity contribution >= 4 is 28.6 Å². The second-order valence-electron chi connectivity index (χ2n) is 3.86. The van der Waals surface area contributed by atoms with E-state index in [1.54, 1.807) is 12.2 Å². The lowest BCUT2D eigenvalue weighted by molar-refractivity contribution is 0.235. The zero-order valence-electron chi connectivity index (χ0n) is 8.64. The van der Waals surface area contributed by atoms with Gasteiger partial charge in [-0.3, -0.25) is 0 Å². The molecule has 3 unspecified atom stereocenters. The molecule has 2 heterocycles. The molecule has 2 aliphatic rings. The average molecular weight is 271 g/mol. The highest BCUT2D eigenvalue weighted by molar-refractivity contribution is 7.96. The molecular weight excluding hydrogens is 262 g/mol. The molecule has 17 heavy (non-hydrogen) atoms. The molecular formula is C12H9F2OS2+. The summed E-state index contributed by atoms with van der Waals surface area (Å²) in [5, 5.41) is 3.32. The third kappa shape index (κ3) is 1.78. The molecule has 0 aromatic carbocycles. The van der Waals surface area contributed by atoms with E-state index in [1.807, 2.05) is 11.4 Å². The number of allylic oxidation sites excluding steroid dienone is 4. The smallest absolute Gasteiger partial charge is 0.239 e. The Hall–Kier alpha value is -0.910. The van der Waals surface area contributed by atoms with Gasteiger partial charge in [0.1, 0.15) is 0 Å². The quantitative estimate of drug-likeness (QED) is 0.713. The van der Waals surface area contributed by atoms with Gasteiger partial charge in [-0.05, 0) is 29.2 Å². The minimum Gasteiger partial charge on any atom is -0.239 e. The summed E-state index contributed by atoms with van der Waals surface area (Å²) in [5.74, 6) is 0. The van der Waals surface area contributed by atoms with Gasteiger partial charge in [-0.1, -0.05) is 17.4 Å². The molecule has 1 aromatic heterocycles. The fraction of sp³-hybridized carbons (Fsp3) is 0.167. The van der Waals surface area contributed by atoms with Gasteiger partial charge >= 0.3 is 0 Å². The molecule has 0 spiro atoms. The number of hydrogen-bond acceptors (Lipinski definition) is 2. The first-order valence-corrected chi connectivity index (χ1v) is 7.19. The van der Waals surface area contributed by atoms with E-state index in [4.69, 9.17) is 0 Å². The number of halogens is 2. The number of rotatable bonds is 0. The van der Waals surface area contributed by atoms with Gasteiger partial charge in [0, 0.05) is 11.1 Å². The summed E-state index contributed by atoms with van der Waals surface area (Å²) in [6, 6.07) is 1.88. The van der Waals surface area contributed by atoms with Crippen LogP contribution in [-0.4, -0.2) is 16.9 Å². The van der Waals surface area contributed by atoms with Crippen LogP contribution in [0.3, 0.4) is 0 Å². The Morgan fingerprint density at radius 2 is 2.18 bits per heavy atom. The molecule has 1 nitrogen and oxygen atoms in total. The van der Waals surface area contributed by atoms with Crippen LogP contribution in [-0.2, 0) is 11.2 Å². The minimum absolute atomic E-state index is 0.259. The maximum Gasteiger partial charge on any atom is 0.256 e. The largest absolute Gasteiger partial charge is 0.256 e. The van der Waals surface area contributed by atoms with Crippen molar-refractivity contribution in [3.05, 3.63) is 45.7 Å². The first kappa shape index (κ1) is 11.2. The lowest BCUT2D eigenvalue weighted by atomic mass is 9.93. The Bertz CT molecular complexity index is 544. The molecule has 1 aliphatic heterocycles. The van der Waals surface area contributed by atoms with E-state index in [-0.39, 0.29) is 5.57 Å². The third-order valence-electron chi connectivity index (χ3n) is 2.77. The second-order valence-corrected chi connectivity index (χ2v) is 6.30. The maximum atomic E-state index is 13.8. The van der Waals surface area contributed by atoms with Crippen molar-refractivity contribution in [3.8, 4) is 0 Å². The molecule has 1 aliphatic carbocycles. The van der Waals surface area contributed by atoms with Crippen molar-refractivity contribution in [3.63, 3.8) is 0 Å². The fourth-order valence-corrected chi connectivity index (χ4v) is 4.20. The van der Waals surface area contributed by atoms with E-state index >= 15 is 0 Å². The van der Waals surface area contributed by atoms with Gasteiger partial charge in [-0.15, -0.1) is 0 Å². The standard InChI is InChI=1S/C12H9F2OS2/c13-10-2-1-7-5-8-3-4-16-12(8)17(15)6-9(7)11(10)14/h1-6,10-11,15H/q+1. The van der Waals surface area contributed by atoms with Crippen LogP contribution in [0.4, 0.5) is 8.78 Å². The first-order valence-electron chi connectivity index (χ1n) is 5.06. The minimum atomic E-state index is -1.68. The fourth-order valence-electron chi connectivity index (χ4n) is 1.91. The second kappa shape index (κ2) is 4.08. The van der Waals surface area contributed by atoms with Gasteiger partial charge in [0.25, 0.3) is 4.21 Å². The van der Waals surface area contributed by atoms with Crippen LogP contribution in [0.5, 0.6) is 0 Å². The van der Waals surface area contributed by atoms with Crippen molar-refractivity contribution in [1.82, 2.24) is 0 Å². The zero-order valence-corrected chi connectivity index (χ0v) is 10.3. The highest BCUT2D eigenvalue weighted by atomic mass is 32.2. The molecule has 3 atom stereocenters. The van der Waals surface area contributed by atoms with Gasteiger partial charge < -0.3 is 0 Å². The molecule has 0 fully saturated rings.